The van der Waals surface area contributed by atoms with Gasteiger partial charge in [-0.3, -0.25) is 0 Å². The van der Waals surface area contributed by atoms with Crippen molar-refractivity contribution in [1.29, 1.82) is 0 Å². The number of methoxy groups -OCH3 is 2. The van der Waals surface area contributed by atoms with Crippen molar-refractivity contribution in [1.82, 2.24) is 0 Å². The van der Waals surface area contributed by atoms with Crippen LogP contribution in [-0.2, 0) is 0 Å². The van der Waals surface area contributed by atoms with Crippen molar-refractivity contribution in [2.75, 3.05) is 38.4 Å². The molecule has 0 heterocycles. The van der Waals surface area contributed by atoms with Crippen molar-refractivity contribution in [2.45, 2.75) is 6.43 Å². The molecule has 1 aromatic carbocycles. The normalized spacial score (nSPS) is 10.5. The van der Waals surface area contributed by atoms with Crippen molar-refractivity contribution < 1.29 is 18.3 Å². The summed E-state index contributed by atoms with van der Waals surface area (Å²) < 4.78 is 34.7. The third-order valence-corrected chi connectivity index (χ3v) is 2.36. The molecule has 0 saturated carbocycles. The highest BCUT2D eigenvalue weighted by molar-refractivity contribution is 5.72. The van der Waals surface area contributed by atoms with Crippen molar-refractivity contribution in [3.05, 3.63) is 12.1 Å². The van der Waals surface area contributed by atoms with Gasteiger partial charge in [-0.25, -0.2) is 8.78 Å². The fraction of sp³-hybridized carbons (Fsp3) is 0.455. The van der Waals surface area contributed by atoms with E-state index in [9.17, 15) is 8.78 Å². The van der Waals surface area contributed by atoms with Gasteiger partial charge in [-0.1, -0.05) is 0 Å². The van der Waals surface area contributed by atoms with E-state index in [4.69, 9.17) is 15.2 Å². The summed E-state index contributed by atoms with van der Waals surface area (Å²) in [7, 11) is 4.51. The number of nitrogen functional groups attached to an aromatic ring is 1. The second kappa shape index (κ2) is 5.56. The molecule has 0 bridgehead atoms. The molecule has 2 N–H and O–H groups in total. The molecule has 0 aliphatic carbocycles. The monoisotopic (exact) mass is 246 g/mol. The maximum absolute atomic E-state index is 12.3. The van der Waals surface area contributed by atoms with E-state index in [2.05, 4.69) is 0 Å². The summed E-state index contributed by atoms with van der Waals surface area (Å²) in [5, 5.41) is 0. The van der Waals surface area contributed by atoms with Gasteiger partial charge in [0.1, 0.15) is 0 Å². The highest BCUT2D eigenvalue weighted by Gasteiger charge is 2.15. The molecular formula is C11H16F2N2O2. The molecule has 96 valence electrons. The average Bonchev–Trinajstić information content (AvgIpc) is 2.27. The maximum atomic E-state index is 12.3. The van der Waals surface area contributed by atoms with Crippen LogP contribution in [-0.4, -0.2) is 34.2 Å². The van der Waals surface area contributed by atoms with Gasteiger partial charge >= 0.3 is 0 Å². The fourth-order valence-electron chi connectivity index (χ4n) is 1.52. The molecule has 0 radical (unpaired) electrons. The standard InChI is InChI=1S/C11H16F2N2O2/c1-15(6-11(12)13)8-5-10(17-3)9(16-2)4-7(8)14/h4-5,11H,6,14H2,1-3H3. The number of rotatable bonds is 5. The molecular weight excluding hydrogens is 230 g/mol. The second-order valence-electron chi connectivity index (χ2n) is 3.54. The summed E-state index contributed by atoms with van der Waals surface area (Å²) in [5.74, 6) is 0.928. The highest BCUT2D eigenvalue weighted by atomic mass is 19.3. The van der Waals surface area contributed by atoms with Gasteiger partial charge in [-0.15, -0.1) is 0 Å². The lowest BCUT2D eigenvalue weighted by atomic mass is 10.2. The summed E-state index contributed by atoms with van der Waals surface area (Å²) in [4.78, 5) is 1.38. The molecule has 0 saturated heterocycles. The Labute approximate surface area is 98.9 Å². The predicted octanol–water partition coefficient (Wildman–Crippen LogP) is 1.99. The second-order valence-corrected chi connectivity index (χ2v) is 3.54. The van der Waals surface area contributed by atoms with Gasteiger partial charge in [-0.05, 0) is 0 Å². The summed E-state index contributed by atoms with van der Waals surface area (Å²) in [6.45, 7) is -0.389. The van der Waals surface area contributed by atoms with Crippen molar-refractivity contribution in [3.63, 3.8) is 0 Å². The number of nitrogens with zero attached hydrogens (tertiary/aromatic N) is 1. The third-order valence-electron chi connectivity index (χ3n) is 2.36. The topological polar surface area (TPSA) is 47.7 Å². The lowest BCUT2D eigenvalue weighted by Gasteiger charge is -2.22. The number of hydrogen-bond acceptors (Lipinski definition) is 4. The molecule has 0 aromatic heterocycles. The Kier molecular flexibility index (Phi) is 4.37. The summed E-state index contributed by atoms with van der Waals surface area (Å²) >= 11 is 0. The minimum atomic E-state index is -2.42. The van der Waals surface area contributed by atoms with Crippen LogP contribution in [0.15, 0.2) is 12.1 Å². The van der Waals surface area contributed by atoms with E-state index in [1.807, 2.05) is 0 Å². The van der Waals surface area contributed by atoms with E-state index in [-0.39, 0.29) is 6.54 Å². The van der Waals surface area contributed by atoms with Gasteiger partial charge in [0.25, 0.3) is 6.43 Å². The zero-order chi connectivity index (χ0) is 13.0. The molecule has 0 spiro atoms. The van der Waals surface area contributed by atoms with Crippen LogP contribution < -0.4 is 20.1 Å². The van der Waals surface area contributed by atoms with E-state index in [1.165, 1.54) is 19.1 Å². The Morgan fingerprint density at radius 3 is 2.24 bits per heavy atom. The number of alkyl halides is 2. The number of halogens is 2. The van der Waals surface area contributed by atoms with Crippen LogP contribution in [0.25, 0.3) is 0 Å². The SMILES string of the molecule is COc1cc(N)c(N(C)CC(F)F)cc1OC. The minimum absolute atomic E-state index is 0.366. The Hall–Kier alpha value is -1.72. The van der Waals surface area contributed by atoms with E-state index in [1.54, 1.807) is 19.2 Å². The van der Waals surface area contributed by atoms with Crippen LogP contribution >= 0.6 is 0 Å². The molecule has 0 amide bonds. The minimum Gasteiger partial charge on any atom is -0.493 e. The van der Waals surface area contributed by atoms with Gasteiger partial charge in [0, 0.05) is 19.2 Å². The molecule has 17 heavy (non-hydrogen) atoms. The number of nitrogens with two attached hydrogens (primary N) is 1. The molecule has 0 aliphatic rings. The zero-order valence-corrected chi connectivity index (χ0v) is 10.0. The van der Waals surface area contributed by atoms with Gasteiger partial charge in [-0.2, -0.15) is 0 Å². The molecule has 0 atom stereocenters. The van der Waals surface area contributed by atoms with E-state index >= 15 is 0 Å². The van der Waals surface area contributed by atoms with Crippen molar-refractivity contribution in [3.8, 4) is 11.5 Å². The maximum Gasteiger partial charge on any atom is 0.255 e. The van der Waals surface area contributed by atoms with Gasteiger partial charge in [0.2, 0.25) is 0 Å². The molecule has 0 aliphatic heterocycles. The Morgan fingerprint density at radius 2 is 1.76 bits per heavy atom. The number of anilines is 2. The highest BCUT2D eigenvalue weighted by Crippen LogP contribution is 2.36. The zero-order valence-electron chi connectivity index (χ0n) is 10.0. The number of ether oxygens (including phenoxy) is 2. The van der Waals surface area contributed by atoms with Gasteiger partial charge in [0.05, 0.1) is 32.1 Å². The molecule has 0 unspecified atom stereocenters. The first kappa shape index (κ1) is 13.3. The Balaban J connectivity index is 3.07. The third kappa shape index (κ3) is 3.12. The summed E-state index contributed by atoms with van der Waals surface area (Å²) in [5.41, 5.74) is 6.63. The van der Waals surface area contributed by atoms with Crippen LogP contribution in [0.5, 0.6) is 11.5 Å². The van der Waals surface area contributed by atoms with Crippen LogP contribution in [0.2, 0.25) is 0 Å². The molecule has 0 fully saturated rings. The quantitative estimate of drug-likeness (QED) is 0.807. The van der Waals surface area contributed by atoms with Crippen LogP contribution in [0, 0.1) is 0 Å². The molecule has 1 aromatic rings. The smallest absolute Gasteiger partial charge is 0.255 e. The van der Waals surface area contributed by atoms with Gasteiger partial charge < -0.3 is 20.1 Å². The Morgan fingerprint density at radius 1 is 1.24 bits per heavy atom. The van der Waals surface area contributed by atoms with E-state index in [0.717, 1.165) is 0 Å². The first-order chi connectivity index (χ1) is 7.99. The number of hydrogen-bond donors (Lipinski definition) is 1. The first-order valence-electron chi connectivity index (χ1n) is 5.00. The summed E-state index contributed by atoms with van der Waals surface area (Å²) in [6, 6.07) is 3.13. The Bertz CT molecular complexity index is 386. The molecule has 6 heteroatoms. The van der Waals surface area contributed by atoms with Gasteiger partial charge in [0.15, 0.2) is 11.5 Å². The summed E-state index contributed by atoms with van der Waals surface area (Å²) in [6.07, 6.45) is -2.42. The fourth-order valence-corrected chi connectivity index (χ4v) is 1.52. The predicted molar refractivity (Wildman–Crippen MR) is 63.2 cm³/mol. The lowest BCUT2D eigenvalue weighted by molar-refractivity contribution is 0.156. The largest absolute Gasteiger partial charge is 0.493 e. The van der Waals surface area contributed by atoms with Crippen molar-refractivity contribution in [2.24, 2.45) is 0 Å². The van der Waals surface area contributed by atoms with Crippen LogP contribution in [0.1, 0.15) is 0 Å². The molecule has 4 nitrogen and oxygen atoms in total. The first-order valence-corrected chi connectivity index (χ1v) is 5.00. The lowest BCUT2D eigenvalue weighted by Crippen LogP contribution is -2.24. The van der Waals surface area contributed by atoms with Crippen molar-refractivity contribution >= 4 is 11.4 Å². The van der Waals surface area contributed by atoms with E-state index < -0.39 is 6.43 Å². The van der Waals surface area contributed by atoms with Crippen LogP contribution in [0.3, 0.4) is 0 Å². The van der Waals surface area contributed by atoms with E-state index in [0.29, 0.717) is 22.9 Å². The van der Waals surface area contributed by atoms with Crippen LogP contribution in [0.4, 0.5) is 20.2 Å². The average molecular weight is 246 g/mol. The molecule has 1 rings (SSSR count). The number of benzene rings is 1.